The van der Waals surface area contributed by atoms with Gasteiger partial charge < -0.3 is 15.2 Å². The Balaban J connectivity index is 1.78. The van der Waals surface area contributed by atoms with E-state index in [0.717, 1.165) is 0 Å². The molecule has 0 aromatic carbocycles. The van der Waals surface area contributed by atoms with Crippen LogP contribution in [0.1, 0.15) is 32.0 Å². The molecule has 1 aliphatic rings. The van der Waals surface area contributed by atoms with Crippen molar-refractivity contribution in [3.63, 3.8) is 0 Å². The molecule has 1 aliphatic heterocycles. The first-order chi connectivity index (χ1) is 11.9. The van der Waals surface area contributed by atoms with Crippen molar-refractivity contribution in [2.24, 2.45) is 12.5 Å². The molecule has 1 saturated heterocycles. The van der Waals surface area contributed by atoms with Gasteiger partial charge in [-0.05, 0) is 19.4 Å². The molecule has 9 heteroatoms. The molecule has 2 atom stereocenters. The SMILES string of the molecule is CCC[C@]1(C(=O)O)CCN(Cc2nc3c(cnn3C)c(=O)[nH]2)C[C@H]1O. The zero-order valence-electron chi connectivity index (χ0n) is 14.4. The number of H-pyrrole nitrogens is 1. The van der Waals surface area contributed by atoms with Crippen LogP contribution in [-0.2, 0) is 18.4 Å². The average molecular weight is 349 g/mol. The first-order valence-corrected chi connectivity index (χ1v) is 8.42. The van der Waals surface area contributed by atoms with Gasteiger partial charge in [0.1, 0.15) is 11.2 Å². The highest BCUT2D eigenvalue weighted by molar-refractivity contribution is 5.75. The van der Waals surface area contributed by atoms with Gasteiger partial charge in [0.15, 0.2) is 5.65 Å². The minimum atomic E-state index is -1.09. The summed E-state index contributed by atoms with van der Waals surface area (Å²) in [5.41, 5.74) is -0.836. The zero-order valence-corrected chi connectivity index (χ0v) is 14.4. The Bertz CT molecular complexity index is 845. The zero-order chi connectivity index (χ0) is 18.2. The number of likely N-dealkylation sites (tertiary alicyclic amines) is 1. The predicted octanol–water partition coefficient (Wildman–Crippen LogP) is 0.0943. The number of carboxylic acids is 1. The smallest absolute Gasteiger partial charge is 0.312 e. The van der Waals surface area contributed by atoms with Crippen molar-refractivity contribution in [2.45, 2.75) is 38.8 Å². The molecule has 0 bridgehead atoms. The molecule has 0 aliphatic carbocycles. The van der Waals surface area contributed by atoms with Crippen LogP contribution in [0, 0.1) is 5.41 Å². The Morgan fingerprint density at radius 2 is 2.28 bits per heavy atom. The second-order valence-corrected chi connectivity index (χ2v) is 6.73. The van der Waals surface area contributed by atoms with Gasteiger partial charge in [-0.2, -0.15) is 5.10 Å². The molecule has 2 aromatic rings. The number of nitrogens with one attached hydrogen (secondary N) is 1. The van der Waals surface area contributed by atoms with Gasteiger partial charge in [-0.3, -0.25) is 19.2 Å². The van der Waals surface area contributed by atoms with E-state index in [1.807, 2.05) is 11.8 Å². The third-order valence-corrected chi connectivity index (χ3v) is 5.09. The van der Waals surface area contributed by atoms with Crippen LogP contribution < -0.4 is 5.56 Å². The summed E-state index contributed by atoms with van der Waals surface area (Å²) >= 11 is 0. The maximum absolute atomic E-state index is 12.1. The summed E-state index contributed by atoms with van der Waals surface area (Å²) < 4.78 is 1.54. The van der Waals surface area contributed by atoms with Gasteiger partial charge in [0.25, 0.3) is 5.56 Å². The van der Waals surface area contributed by atoms with Crippen molar-refractivity contribution in [3.05, 3.63) is 22.4 Å². The van der Waals surface area contributed by atoms with Crippen LogP contribution in [0.25, 0.3) is 11.0 Å². The Kier molecular flexibility index (Phi) is 4.61. The van der Waals surface area contributed by atoms with E-state index in [1.165, 1.54) is 10.9 Å². The van der Waals surface area contributed by atoms with Gasteiger partial charge in [0, 0.05) is 13.6 Å². The molecule has 0 spiro atoms. The fourth-order valence-electron chi connectivity index (χ4n) is 3.64. The van der Waals surface area contributed by atoms with Crippen LogP contribution >= 0.6 is 0 Å². The fraction of sp³-hybridized carbons (Fsp3) is 0.625. The van der Waals surface area contributed by atoms with E-state index < -0.39 is 17.5 Å². The predicted molar refractivity (Wildman–Crippen MR) is 90.0 cm³/mol. The van der Waals surface area contributed by atoms with Crippen molar-refractivity contribution in [3.8, 4) is 0 Å². The van der Waals surface area contributed by atoms with Gasteiger partial charge in [-0.15, -0.1) is 0 Å². The number of carboxylic acid groups (broad SMARTS) is 1. The molecule has 0 saturated carbocycles. The van der Waals surface area contributed by atoms with Crippen LogP contribution in [0.4, 0.5) is 0 Å². The number of aliphatic carboxylic acids is 1. The summed E-state index contributed by atoms with van der Waals surface area (Å²) in [5.74, 6) is -0.462. The summed E-state index contributed by atoms with van der Waals surface area (Å²) in [4.78, 5) is 32.9. The molecule has 3 N–H and O–H groups in total. The number of hydrogen-bond acceptors (Lipinski definition) is 6. The average Bonchev–Trinajstić information content (AvgIpc) is 2.92. The van der Waals surface area contributed by atoms with Gasteiger partial charge >= 0.3 is 5.97 Å². The number of piperidine rings is 1. The maximum Gasteiger partial charge on any atom is 0.312 e. The molecule has 0 amide bonds. The van der Waals surface area contributed by atoms with Crippen LogP contribution in [0.2, 0.25) is 0 Å². The molecule has 0 unspecified atom stereocenters. The lowest BCUT2D eigenvalue weighted by Gasteiger charge is -2.42. The number of rotatable bonds is 5. The lowest BCUT2D eigenvalue weighted by atomic mass is 9.73. The minimum absolute atomic E-state index is 0.236. The summed E-state index contributed by atoms with van der Waals surface area (Å²) in [6.45, 7) is 3.02. The van der Waals surface area contributed by atoms with E-state index in [9.17, 15) is 19.8 Å². The number of aliphatic hydroxyl groups excluding tert-OH is 1. The van der Waals surface area contributed by atoms with Gasteiger partial charge in [0.2, 0.25) is 0 Å². The summed E-state index contributed by atoms with van der Waals surface area (Å²) in [6, 6.07) is 0. The second-order valence-electron chi connectivity index (χ2n) is 6.73. The number of β-amino-alcohol motifs (C(OH)–C–C–N with tert-alkyl or cyclic N) is 1. The molecule has 25 heavy (non-hydrogen) atoms. The molecule has 3 heterocycles. The van der Waals surface area contributed by atoms with Crippen molar-refractivity contribution >= 4 is 17.0 Å². The molecular formula is C16H23N5O4. The Hall–Kier alpha value is -2.26. The number of hydrogen-bond donors (Lipinski definition) is 3. The van der Waals surface area contributed by atoms with Crippen molar-refractivity contribution in [1.82, 2.24) is 24.6 Å². The summed E-state index contributed by atoms with van der Waals surface area (Å²) in [7, 11) is 1.72. The molecule has 9 nitrogen and oxygen atoms in total. The quantitative estimate of drug-likeness (QED) is 0.699. The standard InChI is InChI=1S/C16H23N5O4/c1-3-4-16(15(24)25)5-6-21(8-11(16)22)9-12-18-13-10(14(23)19-12)7-17-20(13)2/h7,11,22H,3-6,8-9H2,1-2H3,(H,24,25)(H,18,19,23)/t11-,16+/m1/s1. The number of carbonyl (C=O) groups is 1. The van der Waals surface area contributed by atoms with Crippen LogP contribution in [0.15, 0.2) is 11.0 Å². The van der Waals surface area contributed by atoms with E-state index in [2.05, 4.69) is 15.1 Å². The van der Waals surface area contributed by atoms with Gasteiger partial charge in [0.05, 0.1) is 24.3 Å². The molecule has 136 valence electrons. The number of aliphatic hydroxyl groups is 1. The highest BCUT2D eigenvalue weighted by atomic mass is 16.4. The van der Waals surface area contributed by atoms with E-state index >= 15 is 0 Å². The number of nitrogens with zero attached hydrogens (tertiary/aromatic N) is 4. The topological polar surface area (TPSA) is 124 Å². The molecule has 2 aromatic heterocycles. The van der Waals surface area contributed by atoms with Crippen molar-refractivity contribution in [1.29, 1.82) is 0 Å². The van der Waals surface area contributed by atoms with E-state index in [-0.39, 0.29) is 12.1 Å². The molecule has 1 fully saturated rings. The summed E-state index contributed by atoms with van der Waals surface area (Å²) in [6.07, 6.45) is 2.05. The first kappa shape index (κ1) is 17.6. The normalized spacial score (nSPS) is 24.7. The fourth-order valence-corrected chi connectivity index (χ4v) is 3.64. The maximum atomic E-state index is 12.1. The molecule has 3 rings (SSSR count). The largest absolute Gasteiger partial charge is 0.481 e. The van der Waals surface area contributed by atoms with Gasteiger partial charge in [-0.25, -0.2) is 4.98 Å². The van der Waals surface area contributed by atoms with E-state index in [0.29, 0.717) is 49.2 Å². The monoisotopic (exact) mass is 349 g/mol. The van der Waals surface area contributed by atoms with Crippen LogP contribution in [0.5, 0.6) is 0 Å². The Labute approximate surface area is 144 Å². The first-order valence-electron chi connectivity index (χ1n) is 8.42. The third-order valence-electron chi connectivity index (χ3n) is 5.09. The number of aryl methyl sites for hydroxylation is 1. The number of aromatic nitrogens is 4. The van der Waals surface area contributed by atoms with Crippen molar-refractivity contribution in [2.75, 3.05) is 13.1 Å². The number of fused-ring (bicyclic) bond motifs is 1. The third kappa shape index (κ3) is 3.05. The van der Waals surface area contributed by atoms with E-state index in [4.69, 9.17) is 0 Å². The van der Waals surface area contributed by atoms with Crippen LogP contribution in [0.3, 0.4) is 0 Å². The molecule has 0 radical (unpaired) electrons. The lowest BCUT2D eigenvalue weighted by Crippen LogP contribution is -2.54. The second kappa shape index (κ2) is 6.57. The Morgan fingerprint density at radius 3 is 2.92 bits per heavy atom. The van der Waals surface area contributed by atoms with Crippen molar-refractivity contribution < 1.29 is 15.0 Å². The Morgan fingerprint density at radius 1 is 1.52 bits per heavy atom. The summed E-state index contributed by atoms with van der Waals surface area (Å²) in [5, 5.41) is 24.5. The minimum Gasteiger partial charge on any atom is -0.481 e. The highest BCUT2D eigenvalue weighted by Gasteiger charge is 2.47. The lowest BCUT2D eigenvalue weighted by molar-refractivity contribution is -0.164. The molecular weight excluding hydrogens is 326 g/mol. The van der Waals surface area contributed by atoms with E-state index in [1.54, 1.807) is 7.05 Å². The number of aromatic amines is 1. The highest BCUT2D eigenvalue weighted by Crippen LogP contribution is 2.37. The van der Waals surface area contributed by atoms with Crippen LogP contribution in [-0.4, -0.2) is 60.0 Å². The van der Waals surface area contributed by atoms with Gasteiger partial charge in [-0.1, -0.05) is 13.3 Å².